The fourth-order valence-corrected chi connectivity index (χ4v) is 2.12. The number of aromatic nitrogens is 1. The fraction of sp³-hybridized carbons (Fsp3) is 0.333. The first-order chi connectivity index (χ1) is 6.90. The number of fused-ring (bicyclic) bond motifs is 1. The summed E-state index contributed by atoms with van der Waals surface area (Å²) in [6.07, 6.45) is 2.51. The van der Waals surface area contributed by atoms with Crippen molar-refractivity contribution in [3.63, 3.8) is 0 Å². The quantitative estimate of drug-likeness (QED) is 0.767. The molecule has 72 valence electrons. The van der Waals surface area contributed by atoms with Crippen molar-refractivity contribution < 1.29 is 5.11 Å². The van der Waals surface area contributed by atoms with Gasteiger partial charge in [-0.05, 0) is 30.4 Å². The molecule has 3 rings (SSSR count). The van der Waals surface area contributed by atoms with Crippen LogP contribution in [-0.2, 0) is 6.61 Å². The summed E-state index contributed by atoms with van der Waals surface area (Å²) < 4.78 is 2.29. The summed E-state index contributed by atoms with van der Waals surface area (Å²) in [5.41, 5.74) is 2.31. The van der Waals surface area contributed by atoms with Gasteiger partial charge in [0.2, 0.25) is 0 Å². The second kappa shape index (κ2) is 2.85. The second-order valence-electron chi connectivity index (χ2n) is 3.95. The Morgan fingerprint density at radius 1 is 1.29 bits per heavy atom. The van der Waals surface area contributed by atoms with Crippen molar-refractivity contribution in [3.8, 4) is 0 Å². The smallest absolute Gasteiger partial charge is 0.0833 e. The topological polar surface area (TPSA) is 25.2 Å². The molecule has 1 aromatic heterocycles. The van der Waals surface area contributed by atoms with Crippen LogP contribution in [0.1, 0.15) is 24.6 Å². The molecule has 2 heteroatoms. The molecule has 0 spiro atoms. The van der Waals surface area contributed by atoms with Crippen molar-refractivity contribution in [1.82, 2.24) is 4.57 Å². The second-order valence-corrected chi connectivity index (χ2v) is 3.95. The van der Waals surface area contributed by atoms with Crippen molar-refractivity contribution in [2.75, 3.05) is 0 Å². The van der Waals surface area contributed by atoms with Gasteiger partial charge >= 0.3 is 0 Å². The van der Waals surface area contributed by atoms with E-state index in [1.165, 1.54) is 23.7 Å². The van der Waals surface area contributed by atoms with Crippen LogP contribution in [0.25, 0.3) is 10.9 Å². The van der Waals surface area contributed by atoms with Crippen LogP contribution in [0.15, 0.2) is 30.3 Å². The first-order valence-electron chi connectivity index (χ1n) is 5.10. The zero-order valence-corrected chi connectivity index (χ0v) is 7.98. The van der Waals surface area contributed by atoms with Gasteiger partial charge in [-0.2, -0.15) is 0 Å². The molecule has 1 aromatic carbocycles. The van der Waals surface area contributed by atoms with Gasteiger partial charge in [0, 0.05) is 17.3 Å². The standard InChI is InChI=1S/C12H13NO/c14-8-11-7-9-3-1-2-4-12(9)13(11)10-5-6-10/h1-4,7,10,14H,5-6,8H2. The lowest BCUT2D eigenvalue weighted by Gasteiger charge is -2.06. The maximum Gasteiger partial charge on any atom is 0.0833 e. The minimum absolute atomic E-state index is 0.144. The van der Waals surface area contributed by atoms with Crippen molar-refractivity contribution in [2.24, 2.45) is 0 Å². The molecule has 0 radical (unpaired) electrons. The molecule has 0 unspecified atom stereocenters. The predicted molar refractivity (Wildman–Crippen MR) is 56.1 cm³/mol. The van der Waals surface area contributed by atoms with Crippen LogP contribution >= 0.6 is 0 Å². The van der Waals surface area contributed by atoms with E-state index in [1.54, 1.807) is 0 Å². The third kappa shape index (κ3) is 1.07. The Hall–Kier alpha value is -1.28. The zero-order chi connectivity index (χ0) is 9.54. The molecule has 1 N–H and O–H groups in total. The molecule has 1 heterocycles. The minimum Gasteiger partial charge on any atom is -0.390 e. The number of aliphatic hydroxyl groups is 1. The van der Waals surface area contributed by atoms with Gasteiger partial charge in [-0.15, -0.1) is 0 Å². The molecule has 0 aliphatic heterocycles. The van der Waals surface area contributed by atoms with E-state index >= 15 is 0 Å². The number of benzene rings is 1. The van der Waals surface area contributed by atoms with Gasteiger partial charge in [0.1, 0.15) is 0 Å². The maximum atomic E-state index is 9.28. The van der Waals surface area contributed by atoms with E-state index in [4.69, 9.17) is 0 Å². The molecule has 2 nitrogen and oxygen atoms in total. The highest BCUT2D eigenvalue weighted by atomic mass is 16.3. The van der Waals surface area contributed by atoms with Gasteiger partial charge < -0.3 is 9.67 Å². The van der Waals surface area contributed by atoms with Crippen LogP contribution in [0.5, 0.6) is 0 Å². The monoisotopic (exact) mass is 187 g/mol. The third-order valence-corrected chi connectivity index (χ3v) is 2.90. The number of aliphatic hydroxyl groups excluding tert-OH is 1. The SMILES string of the molecule is OCc1cc2ccccc2n1C1CC1. The molecule has 1 aliphatic rings. The lowest BCUT2D eigenvalue weighted by Crippen LogP contribution is -1.99. The Balaban J connectivity index is 2.29. The summed E-state index contributed by atoms with van der Waals surface area (Å²) in [7, 11) is 0. The van der Waals surface area contributed by atoms with Crippen LogP contribution < -0.4 is 0 Å². The zero-order valence-electron chi connectivity index (χ0n) is 7.98. The molecule has 1 fully saturated rings. The van der Waals surface area contributed by atoms with Crippen molar-refractivity contribution in [3.05, 3.63) is 36.0 Å². The number of rotatable bonds is 2. The van der Waals surface area contributed by atoms with E-state index in [0.717, 1.165) is 5.69 Å². The Bertz CT molecular complexity index is 468. The summed E-state index contributed by atoms with van der Waals surface area (Å²) >= 11 is 0. The molecule has 0 atom stereocenters. The summed E-state index contributed by atoms with van der Waals surface area (Å²) in [4.78, 5) is 0. The van der Waals surface area contributed by atoms with Gasteiger partial charge in [-0.1, -0.05) is 18.2 Å². The van der Waals surface area contributed by atoms with Crippen LogP contribution in [0.2, 0.25) is 0 Å². The van der Waals surface area contributed by atoms with Gasteiger partial charge in [0.15, 0.2) is 0 Å². The Kier molecular flexibility index (Phi) is 1.64. The Morgan fingerprint density at radius 2 is 2.07 bits per heavy atom. The molecule has 1 aliphatic carbocycles. The van der Waals surface area contributed by atoms with Crippen molar-refractivity contribution in [1.29, 1.82) is 0 Å². The van der Waals surface area contributed by atoms with E-state index in [-0.39, 0.29) is 6.61 Å². The van der Waals surface area contributed by atoms with E-state index < -0.39 is 0 Å². The summed E-state index contributed by atoms with van der Waals surface area (Å²) in [6.45, 7) is 0.144. The number of nitrogens with zero attached hydrogens (tertiary/aromatic N) is 1. The number of para-hydroxylation sites is 1. The summed E-state index contributed by atoms with van der Waals surface area (Å²) in [5.74, 6) is 0. The van der Waals surface area contributed by atoms with Gasteiger partial charge in [0.05, 0.1) is 6.61 Å². The molecule has 14 heavy (non-hydrogen) atoms. The molecular formula is C12H13NO. The first kappa shape index (κ1) is 8.06. The lowest BCUT2D eigenvalue weighted by atomic mass is 10.2. The normalized spacial score (nSPS) is 16.4. The highest BCUT2D eigenvalue weighted by Crippen LogP contribution is 2.39. The third-order valence-electron chi connectivity index (χ3n) is 2.90. The largest absolute Gasteiger partial charge is 0.390 e. The maximum absolute atomic E-state index is 9.28. The Morgan fingerprint density at radius 3 is 2.79 bits per heavy atom. The summed E-state index contributed by atoms with van der Waals surface area (Å²) in [5, 5.41) is 10.5. The average molecular weight is 187 g/mol. The molecule has 0 saturated heterocycles. The van der Waals surface area contributed by atoms with Crippen LogP contribution in [-0.4, -0.2) is 9.67 Å². The van der Waals surface area contributed by atoms with Crippen LogP contribution in [0, 0.1) is 0 Å². The van der Waals surface area contributed by atoms with Crippen LogP contribution in [0.4, 0.5) is 0 Å². The lowest BCUT2D eigenvalue weighted by molar-refractivity contribution is 0.271. The van der Waals surface area contributed by atoms with Crippen LogP contribution in [0.3, 0.4) is 0 Å². The molecule has 0 amide bonds. The van der Waals surface area contributed by atoms with Crippen molar-refractivity contribution in [2.45, 2.75) is 25.5 Å². The molecular weight excluding hydrogens is 174 g/mol. The molecule has 0 bridgehead atoms. The van der Waals surface area contributed by atoms with Gasteiger partial charge in [0.25, 0.3) is 0 Å². The van der Waals surface area contributed by atoms with Gasteiger partial charge in [-0.3, -0.25) is 0 Å². The minimum atomic E-state index is 0.144. The highest BCUT2D eigenvalue weighted by Gasteiger charge is 2.26. The van der Waals surface area contributed by atoms with Crippen molar-refractivity contribution >= 4 is 10.9 Å². The number of hydrogen-bond acceptors (Lipinski definition) is 1. The van der Waals surface area contributed by atoms with E-state index in [9.17, 15) is 5.11 Å². The molecule has 2 aromatic rings. The number of hydrogen-bond donors (Lipinski definition) is 1. The van der Waals surface area contributed by atoms with E-state index in [0.29, 0.717) is 6.04 Å². The molecule has 1 saturated carbocycles. The predicted octanol–water partition coefficient (Wildman–Crippen LogP) is 2.47. The van der Waals surface area contributed by atoms with Gasteiger partial charge in [-0.25, -0.2) is 0 Å². The average Bonchev–Trinajstić information content (AvgIpc) is 2.98. The van der Waals surface area contributed by atoms with E-state index in [1.807, 2.05) is 6.07 Å². The fourth-order valence-electron chi connectivity index (χ4n) is 2.12. The highest BCUT2D eigenvalue weighted by molar-refractivity contribution is 5.81. The Labute approximate surface area is 82.8 Å². The van der Waals surface area contributed by atoms with E-state index in [2.05, 4.69) is 28.8 Å². The first-order valence-corrected chi connectivity index (χ1v) is 5.10. The summed E-state index contributed by atoms with van der Waals surface area (Å²) in [6, 6.07) is 11.1.